The molecule has 24 heavy (non-hydrogen) atoms. The predicted molar refractivity (Wildman–Crippen MR) is 113 cm³/mol. The van der Waals surface area contributed by atoms with Crippen LogP contribution >= 0.6 is 47.2 Å². The molecule has 0 saturated carbocycles. The quantitative estimate of drug-likeness (QED) is 0.374. The molecule has 0 radical (unpaired) electrons. The average Bonchev–Trinajstić information content (AvgIpc) is 3.02. The van der Waals surface area contributed by atoms with Crippen molar-refractivity contribution in [3.8, 4) is 0 Å². The van der Waals surface area contributed by atoms with Gasteiger partial charge in [0.2, 0.25) is 0 Å². The number of aliphatic imine (C=N–C) groups is 1. The maximum atomic E-state index is 6.21. The lowest BCUT2D eigenvalue weighted by molar-refractivity contribution is 0.181. The molecule has 7 heteroatoms. The molecule has 1 unspecified atom stereocenters. The number of rotatable bonds is 6. The van der Waals surface area contributed by atoms with Crippen LogP contribution in [0.4, 0.5) is 0 Å². The van der Waals surface area contributed by atoms with Crippen LogP contribution in [0.5, 0.6) is 0 Å². The van der Waals surface area contributed by atoms with Crippen LogP contribution in [0.25, 0.3) is 0 Å². The fourth-order valence-electron chi connectivity index (χ4n) is 2.72. The zero-order valence-electron chi connectivity index (χ0n) is 14.2. The predicted octanol–water partition coefficient (Wildman–Crippen LogP) is 4.09. The van der Waals surface area contributed by atoms with Gasteiger partial charge in [-0.25, -0.2) is 0 Å². The molecule has 1 aliphatic rings. The fraction of sp³-hybridized carbons (Fsp3) is 0.588. The van der Waals surface area contributed by atoms with E-state index in [2.05, 4.69) is 24.2 Å². The van der Waals surface area contributed by atoms with E-state index in [-0.39, 0.29) is 24.0 Å². The molecule has 1 fully saturated rings. The molecule has 1 atom stereocenters. The number of hydrogen-bond donors (Lipinski definition) is 1. The summed E-state index contributed by atoms with van der Waals surface area (Å²) in [6.07, 6.45) is 1.85. The van der Waals surface area contributed by atoms with Gasteiger partial charge in [0, 0.05) is 49.3 Å². The van der Waals surface area contributed by atoms with Crippen LogP contribution < -0.4 is 5.32 Å². The summed E-state index contributed by atoms with van der Waals surface area (Å²) in [5.41, 5.74) is 0.960. The highest BCUT2D eigenvalue weighted by Gasteiger charge is 2.19. The van der Waals surface area contributed by atoms with Crippen molar-refractivity contribution in [2.75, 3.05) is 39.9 Å². The van der Waals surface area contributed by atoms with Crippen molar-refractivity contribution < 1.29 is 4.74 Å². The molecule has 1 heterocycles. The van der Waals surface area contributed by atoms with Gasteiger partial charge in [-0.15, -0.1) is 24.0 Å². The minimum atomic E-state index is 0. The summed E-state index contributed by atoms with van der Waals surface area (Å²) < 4.78 is 5.45. The molecule has 1 aromatic carbocycles. The maximum Gasteiger partial charge on any atom is 0.193 e. The van der Waals surface area contributed by atoms with Crippen LogP contribution in [0.2, 0.25) is 10.0 Å². The molecule has 0 amide bonds. The summed E-state index contributed by atoms with van der Waals surface area (Å²) in [6, 6.07) is 5.59. The lowest BCUT2D eigenvalue weighted by Gasteiger charge is -2.24. The minimum absolute atomic E-state index is 0. The molecule has 0 spiro atoms. The van der Waals surface area contributed by atoms with Crippen molar-refractivity contribution in [1.82, 2.24) is 10.2 Å². The SMILES string of the molecule is CCNC(=NCCc1c(Cl)cccc1Cl)N(C)CC1CCOC1.I. The smallest absolute Gasteiger partial charge is 0.193 e. The third-order valence-electron chi connectivity index (χ3n) is 3.94. The lowest BCUT2D eigenvalue weighted by Crippen LogP contribution is -2.41. The number of nitrogens with zero attached hydrogens (tertiary/aromatic N) is 2. The molecule has 0 aromatic heterocycles. The van der Waals surface area contributed by atoms with Gasteiger partial charge in [-0.1, -0.05) is 29.3 Å². The first kappa shape index (κ1) is 21.8. The number of ether oxygens (including phenoxy) is 1. The Morgan fingerprint density at radius 2 is 2.08 bits per heavy atom. The van der Waals surface area contributed by atoms with Gasteiger partial charge in [-0.05, 0) is 37.5 Å². The van der Waals surface area contributed by atoms with E-state index < -0.39 is 0 Å². The summed E-state index contributed by atoms with van der Waals surface area (Å²) in [5, 5.41) is 4.75. The van der Waals surface area contributed by atoms with Gasteiger partial charge in [0.25, 0.3) is 0 Å². The molecule has 1 saturated heterocycles. The molecule has 0 bridgehead atoms. The second kappa shape index (κ2) is 11.4. The standard InChI is InChI=1S/C17H25Cl2N3O.HI/c1-3-20-17(22(2)11-13-8-10-23-12-13)21-9-7-14-15(18)5-4-6-16(14)19;/h4-6,13H,3,7-12H2,1-2H3,(H,20,21);1H. The Morgan fingerprint density at radius 3 is 2.67 bits per heavy atom. The van der Waals surface area contributed by atoms with E-state index in [1.807, 2.05) is 18.2 Å². The maximum absolute atomic E-state index is 6.21. The van der Waals surface area contributed by atoms with Crippen molar-refractivity contribution in [3.05, 3.63) is 33.8 Å². The van der Waals surface area contributed by atoms with E-state index in [1.165, 1.54) is 0 Å². The number of guanidine groups is 1. The van der Waals surface area contributed by atoms with E-state index in [0.29, 0.717) is 22.5 Å². The van der Waals surface area contributed by atoms with Crippen LogP contribution in [-0.2, 0) is 11.2 Å². The molecule has 1 N–H and O–H groups in total. The second-order valence-corrected chi connectivity index (χ2v) is 6.61. The fourth-order valence-corrected chi connectivity index (χ4v) is 3.30. The van der Waals surface area contributed by atoms with Crippen LogP contribution in [-0.4, -0.2) is 50.8 Å². The van der Waals surface area contributed by atoms with Gasteiger partial charge < -0.3 is 15.0 Å². The van der Waals surface area contributed by atoms with E-state index in [0.717, 1.165) is 50.7 Å². The van der Waals surface area contributed by atoms with E-state index in [9.17, 15) is 0 Å². The van der Waals surface area contributed by atoms with Gasteiger partial charge in [-0.3, -0.25) is 4.99 Å². The van der Waals surface area contributed by atoms with Crippen molar-refractivity contribution in [1.29, 1.82) is 0 Å². The molecule has 1 aliphatic heterocycles. The van der Waals surface area contributed by atoms with E-state index in [4.69, 9.17) is 32.9 Å². The highest BCUT2D eigenvalue weighted by Crippen LogP contribution is 2.24. The van der Waals surface area contributed by atoms with Crippen LogP contribution in [0.3, 0.4) is 0 Å². The van der Waals surface area contributed by atoms with Gasteiger partial charge in [0.15, 0.2) is 5.96 Å². The average molecular weight is 486 g/mol. The highest BCUT2D eigenvalue weighted by atomic mass is 127. The first-order chi connectivity index (χ1) is 11.1. The summed E-state index contributed by atoms with van der Waals surface area (Å²) in [5.74, 6) is 1.50. The molecule has 0 aliphatic carbocycles. The van der Waals surface area contributed by atoms with Gasteiger partial charge in [0.1, 0.15) is 0 Å². The Kier molecular flexibility index (Phi) is 10.3. The molecular weight excluding hydrogens is 460 g/mol. The van der Waals surface area contributed by atoms with E-state index in [1.54, 1.807) is 0 Å². The van der Waals surface area contributed by atoms with Gasteiger partial charge >= 0.3 is 0 Å². The van der Waals surface area contributed by atoms with Crippen LogP contribution in [0.1, 0.15) is 18.9 Å². The molecule has 4 nitrogen and oxygen atoms in total. The summed E-state index contributed by atoms with van der Waals surface area (Å²) in [4.78, 5) is 6.88. The monoisotopic (exact) mass is 485 g/mol. The normalized spacial score (nSPS) is 17.5. The summed E-state index contributed by atoms with van der Waals surface area (Å²) >= 11 is 12.4. The van der Waals surface area contributed by atoms with E-state index >= 15 is 0 Å². The Bertz CT molecular complexity index is 516. The Morgan fingerprint density at radius 1 is 1.38 bits per heavy atom. The Balaban J connectivity index is 0.00000288. The number of halogens is 3. The number of benzene rings is 1. The zero-order chi connectivity index (χ0) is 16.7. The third kappa shape index (κ3) is 6.58. The molecule has 1 aromatic rings. The Hall–Kier alpha value is -0.240. The van der Waals surface area contributed by atoms with Gasteiger partial charge in [0.05, 0.1) is 6.61 Å². The minimum Gasteiger partial charge on any atom is -0.381 e. The largest absolute Gasteiger partial charge is 0.381 e. The first-order valence-corrected chi connectivity index (χ1v) is 8.87. The third-order valence-corrected chi connectivity index (χ3v) is 4.65. The molecule has 2 rings (SSSR count). The van der Waals surface area contributed by atoms with Crippen molar-refractivity contribution >= 4 is 53.1 Å². The number of nitrogens with one attached hydrogen (secondary N) is 1. The topological polar surface area (TPSA) is 36.9 Å². The Labute approximate surface area is 172 Å². The zero-order valence-corrected chi connectivity index (χ0v) is 18.1. The van der Waals surface area contributed by atoms with Crippen LogP contribution in [0, 0.1) is 5.92 Å². The van der Waals surface area contributed by atoms with Crippen LogP contribution in [0.15, 0.2) is 23.2 Å². The van der Waals surface area contributed by atoms with Crippen molar-refractivity contribution in [2.45, 2.75) is 19.8 Å². The second-order valence-electron chi connectivity index (χ2n) is 5.80. The van der Waals surface area contributed by atoms with Crippen molar-refractivity contribution in [3.63, 3.8) is 0 Å². The molecular formula is C17H26Cl2IN3O. The van der Waals surface area contributed by atoms with Gasteiger partial charge in [-0.2, -0.15) is 0 Å². The lowest BCUT2D eigenvalue weighted by atomic mass is 10.1. The summed E-state index contributed by atoms with van der Waals surface area (Å²) in [7, 11) is 2.07. The number of hydrogen-bond acceptors (Lipinski definition) is 2. The summed E-state index contributed by atoms with van der Waals surface area (Å²) in [6.45, 7) is 6.25. The molecule has 136 valence electrons. The first-order valence-electron chi connectivity index (χ1n) is 8.12. The van der Waals surface area contributed by atoms with Crippen molar-refractivity contribution in [2.24, 2.45) is 10.9 Å². The highest BCUT2D eigenvalue weighted by molar-refractivity contribution is 14.0.